The van der Waals surface area contributed by atoms with Crippen molar-refractivity contribution in [3.05, 3.63) is 0 Å². The van der Waals surface area contributed by atoms with Crippen LogP contribution in [0, 0.1) is 23.7 Å². The highest BCUT2D eigenvalue weighted by Gasteiger charge is 2.40. The second kappa shape index (κ2) is 2.25. The lowest BCUT2D eigenvalue weighted by molar-refractivity contribution is 0.219. The smallest absolute Gasteiger partial charge is 0.0383 e. The molecule has 0 aliphatic heterocycles. The largest absolute Gasteiger partial charge is 0.0625 e. The van der Waals surface area contributed by atoms with Gasteiger partial charge in [-0.1, -0.05) is 13.8 Å². The molecule has 0 saturated heterocycles. The third-order valence-electron chi connectivity index (χ3n) is 3.73. The van der Waals surface area contributed by atoms with Crippen LogP contribution in [0.25, 0.3) is 0 Å². The summed E-state index contributed by atoms with van der Waals surface area (Å²) in [5.41, 5.74) is 0. The first-order valence-corrected chi connectivity index (χ1v) is 4.77. The van der Waals surface area contributed by atoms with E-state index in [1.807, 2.05) is 0 Å². The predicted molar refractivity (Wildman–Crippen MR) is 43.8 cm³/mol. The quantitative estimate of drug-likeness (QED) is 0.522. The maximum absolute atomic E-state index is 2.38. The van der Waals surface area contributed by atoms with Gasteiger partial charge in [-0.05, 0) is 49.4 Å². The molecular weight excluding hydrogens is 120 g/mol. The van der Waals surface area contributed by atoms with E-state index in [1.165, 1.54) is 0 Å². The van der Waals surface area contributed by atoms with Crippen LogP contribution in [-0.2, 0) is 0 Å². The van der Waals surface area contributed by atoms with Gasteiger partial charge in [0.05, 0.1) is 0 Å². The molecule has 0 aromatic heterocycles. The van der Waals surface area contributed by atoms with Crippen molar-refractivity contribution in [2.45, 2.75) is 39.5 Å². The van der Waals surface area contributed by atoms with Gasteiger partial charge in [-0.15, -0.1) is 0 Å². The normalized spacial score (nSPS) is 45.3. The molecule has 1 unspecified atom stereocenters. The summed E-state index contributed by atoms with van der Waals surface area (Å²) in [6, 6.07) is 0. The molecule has 0 heterocycles. The van der Waals surface area contributed by atoms with E-state index in [9.17, 15) is 0 Å². The zero-order chi connectivity index (χ0) is 7.14. The molecule has 0 aromatic carbocycles. The molecule has 2 saturated carbocycles. The van der Waals surface area contributed by atoms with Crippen molar-refractivity contribution in [1.82, 2.24) is 0 Å². The number of hydrogen-bond acceptors (Lipinski definition) is 0. The van der Waals surface area contributed by atoms with Crippen LogP contribution in [0.1, 0.15) is 39.5 Å². The van der Waals surface area contributed by atoms with Crippen LogP contribution in [0.3, 0.4) is 0 Å². The summed E-state index contributed by atoms with van der Waals surface area (Å²) in [6.45, 7) is 4.77. The Labute approximate surface area is 64.0 Å². The first-order valence-electron chi connectivity index (χ1n) is 4.77. The summed E-state index contributed by atoms with van der Waals surface area (Å²) in [5.74, 6) is 4.35. The van der Waals surface area contributed by atoms with E-state index < -0.39 is 0 Å². The molecule has 2 aliphatic rings. The van der Waals surface area contributed by atoms with Crippen molar-refractivity contribution in [1.29, 1.82) is 0 Å². The zero-order valence-corrected chi connectivity index (χ0v) is 7.14. The van der Waals surface area contributed by atoms with E-state index >= 15 is 0 Å². The topological polar surface area (TPSA) is 0 Å². The minimum Gasteiger partial charge on any atom is -0.0625 e. The van der Waals surface area contributed by atoms with Gasteiger partial charge < -0.3 is 0 Å². The molecule has 2 fully saturated rings. The summed E-state index contributed by atoms with van der Waals surface area (Å²) in [6.07, 6.45) is 6.21. The Morgan fingerprint density at radius 3 is 1.80 bits per heavy atom. The Bertz CT molecular complexity index is 114. The van der Waals surface area contributed by atoms with Gasteiger partial charge in [-0.3, -0.25) is 0 Å². The Morgan fingerprint density at radius 2 is 1.50 bits per heavy atom. The van der Waals surface area contributed by atoms with E-state index in [0.717, 1.165) is 23.7 Å². The van der Waals surface area contributed by atoms with Gasteiger partial charge in [-0.25, -0.2) is 0 Å². The predicted octanol–water partition coefficient (Wildman–Crippen LogP) is 3.08. The van der Waals surface area contributed by atoms with Crippen LogP contribution in [0.4, 0.5) is 0 Å². The molecule has 58 valence electrons. The molecule has 0 bridgehead atoms. The summed E-state index contributed by atoms with van der Waals surface area (Å²) >= 11 is 0. The lowest BCUT2D eigenvalue weighted by Crippen LogP contribution is -2.18. The fraction of sp³-hybridized carbons (Fsp3) is 1.00. The lowest BCUT2D eigenvalue weighted by Gasteiger charge is -2.29. The van der Waals surface area contributed by atoms with Gasteiger partial charge in [0.2, 0.25) is 0 Å². The molecule has 10 heavy (non-hydrogen) atoms. The van der Waals surface area contributed by atoms with Crippen LogP contribution in [-0.4, -0.2) is 0 Å². The maximum Gasteiger partial charge on any atom is -0.0383 e. The van der Waals surface area contributed by atoms with E-state index in [-0.39, 0.29) is 0 Å². The third kappa shape index (κ3) is 0.889. The lowest BCUT2D eigenvalue weighted by atomic mass is 9.77. The average Bonchev–Trinajstić information content (AvgIpc) is 2.09. The standard InChI is InChI=1S/C10H18/c1-7(2)10-5-8-3-4-9(8)6-10/h7-10H,3-6H2,1-2H3/t8-,9+,10?. The van der Waals surface area contributed by atoms with E-state index in [0.29, 0.717) is 0 Å². The monoisotopic (exact) mass is 138 g/mol. The molecule has 2 aliphatic carbocycles. The second-order valence-electron chi connectivity index (χ2n) is 4.57. The average molecular weight is 138 g/mol. The van der Waals surface area contributed by atoms with E-state index in [4.69, 9.17) is 0 Å². The van der Waals surface area contributed by atoms with Crippen molar-refractivity contribution < 1.29 is 0 Å². The van der Waals surface area contributed by atoms with Crippen LogP contribution >= 0.6 is 0 Å². The Morgan fingerprint density at radius 1 is 1.00 bits per heavy atom. The van der Waals surface area contributed by atoms with Gasteiger partial charge in [0.1, 0.15) is 0 Å². The maximum atomic E-state index is 2.38. The van der Waals surface area contributed by atoms with Crippen LogP contribution in [0.15, 0.2) is 0 Å². The Hall–Kier alpha value is 0. The summed E-state index contributed by atoms with van der Waals surface area (Å²) in [4.78, 5) is 0. The van der Waals surface area contributed by atoms with Crippen molar-refractivity contribution in [2.75, 3.05) is 0 Å². The third-order valence-corrected chi connectivity index (χ3v) is 3.73. The number of hydrogen-bond donors (Lipinski definition) is 0. The number of rotatable bonds is 1. The van der Waals surface area contributed by atoms with Crippen LogP contribution in [0.5, 0.6) is 0 Å². The van der Waals surface area contributed by atoms with Crippen molar-refractivity contribution in [3.63, 3.8) is 0 Å². The highest BCUT2D eigenvalue weighted by atomic mass is 14.5. The SMILES string of the molecule is CC(C)C1C[C@H]2CC[C@H]2C1. The minimum atomic E-state index is 0.950. The van der Waals surface area contributed by atoms with E-state index in [2.05, 4.69) is 13.8 Å². The van der Waals surface area contributed by atoms with Gasteiger partial charge in [0.25, 0.3) is 0 Å². The molecule has 0 radical (unpaired) electrons. The summed E-state index contributed by atoms with van der Waals surface area (Å²) in [5, 5.41) is 0. The molecule has 0 aromatic rings. The van der Waals surface area contributed by atoms with Crippen LogP contribution < -0.4 is 0 Å². The summed E-state index contributed by atoms with van der Waals surface area (Å²) in [7, 11) is 0. The first kappa shape index (κ1) is 6.69. The molecule has 3 atom stereocenters. The van der Waals surface area contributed by atoms with E-state index in [1.54, 1.807) is 25.7 Å². The molecule has 0 N–H and O–H groups in total. The Balaban J connectivity index is 1.92. The molecular formula is C10H18. The molecule has 2 rings (SSSR count). The Kier molecular flexibility index (Phi) is 1.51. The fourth-order valence-electron chi connectivity index (χ4n) is 2.68. The van der Waals surface area contributed by atoms with Crippen molar-refractivity contribution in [2.24, 2.45) is 23.7 Å². The first-order chi connectivity index (χ1) is 4.77. The van der Waals surface area contributed by atoms with Gasteiger partial charge in [0, 0.05) is 0 Å². The minimum absolute atomic E-state index is 0.950. The molecule has 0 spiro atoms. The van der Waals surface area contributed by atoms with Crippen molar-refractivity contribution in [3.8, 4) is 0 Å². The van der Waals surface area contributed by atoms with Crippen molar-refractivity contribution >= 4 is 0 Å². The second-order valence-corrected chi connectivity index (χ2v) is 4.57. The summed E-state index contributed by atoms with van der Waals surface area (Å²) < 4.78 is 0. The van der Waals surface area contributed by atoms with Gasteiger partial charge >= 0.3 is 0 Å². The molecule has 0 heteroatoms. The van der Waals surface area contributed by atoms with Gasteiger partial charge in [0.15, 0.2) is 0 Å². The highest BCUT2D eigenvalue weighted by molar-refractivity contribution is 4.91. The number of fused-ring (bicyclic) bond motifs is 1. The van der Waals surface area contributed by atoms with Crippen LogP contribution in [0.2, 0.25) is 0 Å². The molecule has 0 amide bonds. The van der Waals surface area contributed by atoms with Gasteiger partial charge in [-0.2, -0.15) is 0 Å². The zero-order valence-electron chi connectivity index (χ0n) is 7.14. The molecule has 0 nitrogen and oxygen atoms in total. The fourth-order valence-corrected chi connectivity index (χ4v) is 2.68. The highest BCUT2D eigenvalue weighted by Crippen LogP contribution is 2.51.